The number of ether oxygens (including phenoxy) is 2. The summed E-state index contributed by atoms with van der Waals surface area (Å²) in [7, 11) is 0. The highest BCUT2D eigenvalue weighted by molar-refractivity contribution is 9.11. The Bertz CT molecular complexity index is 336. The molecule has 0 aliphatic carbocycles. The van der Waals surface area contributed by atoms with Crippen LogP contribution in [0.3, 0.4) is 0 Å². The molecule has 0 atom stereocenters. The van der Waals surface area contributed by atoms with E-state index in [1.807, 2.05) is 11.9 Å². The van der Waals surface area contributed by atoms with Gasteiger partial charge in [-0.3, -0.25) is 0 Å². The Morgan fingerprint density at radius 2 is 2.27 bits per heavy atom. The average molecular weight is 271 g/mol. The summed E-state index contributed by atoms with van der Waals surface area (Å²) in [5.41, 5.74) is 2.44. The Labute approximate surface area is 98.8 Å². The molecule has 15 heavy (non-hydrogen) atoms. The molecule has 3 heterocycles. The molecule has 3 rings (SSSR count). The van der Waals surface area contributed by atoms with E-state index < -0.39 is 5.79 Å². The molecule has 3 aliphatic rings. The van der Waals surface area contributed by atoms with Gasteiger partial charge in [0.15, 0.2) is 12.1 Å². The monoisotopic (exact) mass is 270 g/mol. The number of hydrogen-bond donors (Lipinski definition) is 0. The molecule has 3 aliphatic heterocycles. The summed E-state index contributed by atoms with van der Waals surface area (Å²) in [4.78, 5) is 1.92. The minimum atomic E-state index is -0.407. The Balaban J connectivity index is 2.19. The highest BCUT2D eigenvalue weighted by Crippen LogP contribution is 2.36. The van der Waals surface area contributed by atoms with Crippen LogP contribution < -0.4 is 0 Å². The summed E-state index contributed by atoms with van der Waals surface area (Å²) in [6.07, 6.45) is 7.86. The summed E-state index contributed by atoms with van der Waals surface area (Å²) in [5, 5.41) is 0. The molecule has 2 bridgehead atoms. The van der Waals surface area contributed by atoms with Gasteiger partial charge < -0.3 is 9.47 Å². The van der Waals surface area contributed by atoms with Gasteiger partial charge in [-0.1, -0.05) is 39.7 Å². The highest BCUT2D eigenvalue weighted by Gasteiger charge is 2.41. The average Bonchev–Trinajstić information content (AvgIpc) is 2.14. The summed E-state index contributed by atoms with van der Waals surface area (Å²) >= 11 is 3.36. The van der Waals surface area contributed by atoms with Crippen molar-refractivity contribution < 1.29 is 9.47 Å². The minimum absolute atomic E-state index is 0.0886. The maximum atomic E-state index is 5.71. The van der Waals surface area contributed by atoms with Crippen molar-refractivity contribution in [3.05, 3.63) is 34.4 Å². The van der Waals surface area contributed by atoms with Crippen molar-refractivity contribution in [3.8, 4) is 0 Å². The van der Waals surface area contributed by atoms with Crippen molar-refractivity contribution in [2.45, 2.75) is 38.8 Å². The predicted molar refractivity (Wildman–Crippen MR) is 63.5 cm³/mol. The fourth-order valence-electron chi connectivity index (χ4n) is 1.87. The van der Waals surface area contributed by atoms with Gasteiger partial charge in [0.2, 0.25) is 0 Å². The molecular weight excluding hydrogens is 256 g/mol. The van der Waals surface area contributed by atoms with Crippen molar-refractivity contribution >= 4 is 15.9 Å². The zero-order chi connectivity index (χ0) is 10.9. The molecule has 82 valence electrons. The number of allylic oxidation sites excluding steroid dienone is 3. The third-order valence-electron chi connectivity index (χ3n) is 2.59. The lowest BCUT2D eigenvalue weighted by atomic mass is 10.0. The molecule has 0 N–H and O–H groups in total. The van der Waals surface area contributed by atoms with Crippen LogP contribution >= 0.6 is 15.9 Å². The molecule has 3 heteroatoms. The van der Waals surface area contributed by atoms with E-state index >= 15 is 0 Å². The lowest BCUT2D eigenvalue weighted by molar-refractivity contribution is -0.441. The highest BCUT2D eigenvalue weighted by atomic mass is 79.9. The van der Waals surface area contributed by atoms with Crippen LogP contribution in [0.2, 0.25) is 0 Å². The second-order valence-corrected chi connectivity index (χ2v) is 4.64. The third-order valence-corrected chi connectivity index (χ3v) is 3.17. The molecule has 0 aromatic rings. The number of halogens is 1. The molecule has 0 aromatic heterocycles. The summed E-state index contributed by atoms with van der Waals surface area (Å²) < 4.78 is 11.4. The Hall–Kier alpha value is -0.380. The zero-order valence-electron chi connectivity index (χ0n) is 9.00. The first-order valence-electron chi connectivity index (χ1n) is 5.11. The van der Waals surface area contributed by atoms with E-state index in [0.717, 1.165) is 12.8 Å². The maximum Gasteiger partial charge on any atom is 0.175 e. The van der Waals surface area contributed by atoms with Crippen molar-refractivity contribution in [2.24, 2.45) is 0 Å². The first-order valence-corrected chi connectivity index (χ1v) is 6.03. The van der Waals surface area contributed by atoms with E-state index in [2.05, 4.69) is 41.1 Å². The van der Waals surface area contributed by atoms with Gasteiger partial charge in [0.25, 0.3) is 0 Å². The second-order valence-electron chi connectivity index (χ2n) is 4.18. The topological polar surface area (TPSA) is 18.5 Å². The molecule has 0 saturated carbocycles. The van der Waals surface area contributed by atoms with Crippen LogP contribution in [0.5, 0.6) is 0 Å². The quantitative estimate of drug-likeness (QED) is 0.669. The zero-order valence-corrected chi connectivity index (χ0v) is 10.6. The van der Waals surface area contributed by atoms with E-state index in [4.69, 9.17) is 9.47 Å². The lowest BCUT2D eigenvalue weighted by Crippen LogP contribution is -2.51. The van der Waals surface area contributed by atoms with Crippen LogP contribution in [0.15, 0.2) is 34.4 Å². The third kappa shape index (κ3) is 2.60. The molecule has 1 saturated heterocycles. The van der Waals surface area contributed by atoms with E-state index in [-0.39, 0.29) is 6.29 Å². The van der Waals surface area contributed by atoms with E-state index in [0.29, 0.717) is 0 Å². The number of fused-ring (bicyclic) bond motifs is 4. The smallest absolute Gasteiger partial charge is 0.175 e. The Morgan fingerprint density at radius 1 is 1.53 bits per heavy atom. The molecule has 1 fully saturated rings. The molecule has 0 spiro atoms. The largest absolute Gasteiger partial charge is 0.321 e. The van der Waals surface area contributed by atoms with Crippen LogP contribution in [0.1, 0.15) is 26.7 Å². The van der Waals surface area contributed by atoms with Crippen LogP contribution in [-0.2, 0) is 9.47 Å². The van der Waals surface area contributed by atoms with Crippen LogP contribution in [0.25, 0.3) is 0 Å². The Kier molecular flexibility index (Phi) is 3.14. The van der Waals surface area contributed by atoms with E-state index in [1.54, 1.807) is 0 Å². The lowest BCUT2D eigenvalue weighted by Gasteiger charge is -2.45. The SMILES string of the molecule is CC1=C\C(=C\Br)CC2OC(C)(C\C=C\1)O2. The summed E-state index contributed by atoms with van der Waals surface area (Å²) in [6, 6.07) is 0. The number of hydrogen-bond acceptors (Lipinski definition) is 2. The summed E-state index contributed by atoms with van der Waals surface area (Å²) in [5.74, 6) is -0.407. The molecule has 0 amide bonds. The van der Waals surface area contributed by atoms with Gasteiger partial charge >= 0.3 is 0 Å². The van der Waals surface area contributed by atoms with Gasteiger partial charge in [0.05, 0.1) is 0 Å². The number of rotatable bonds is 0. The van der Waals surface area contributed by atoms with Gasteiger partial charge in [-0.25, -0.2) is 0 Å². The van der Waals surface area contributed by atoms with Crippen molar-refractivity contribution in [2.75, 3.05) is 0 Å². The van der Waals surface area contributed by atoms with Crippen molar-refractivity contribution in [1.29, 1.82) is 0 Å². The fourth-order valence-corrected chi connectivity index (χ4v) is 2.19. The van der Waals surface area contributed by atoms with Gasteiger partial charge in [0.1, 0.15) is 0 Å². The van der Waals surface area contributed by atoms with E-state index in [1.165, 1.54) is 11.1 Å². The molecule has 0 radical (unpaired) electrons. The Morgan fingerprint density at radius 3 is 2.93 bits per heavy atom. The van der Waals surface area contributed by atoms with E-state index in [9.17, 15) is 0 Å². The van der Waals surface area contributed by atoms with Gasteiger partial charge in [0, 0.05) is 12.8 Å². The van der Waals surface area contributed by atoms with Crippen molar-refractivity contribution in [1.82, 2.24) is 0 Å². The maximum absolute atomic E-state index is 5.71. The van der Waals surface area contributed by atoms with Crippen LogP contribution in [0.4, 0.5) is 0 Å². The standard InChI is InChI=1S/C12H15BrO2/c1-9-4-3-5-12(2)14-11(15-12)7-10(6-9)8-13/h3-4,6,8,11H,5,7H2,1-2H3/b4-3+,9-6+,10-8-. The molecule has 2 nitrogen and oxygen atoms in total. The normalized spacial score (nSPS) is 44.1. The fraction of sp³-hybridized carbons (Fsp3) is 0.500. The van der Waals surface area contributed by atoms with Gasteiger partial charge in [-0.15, -0.1) is 0 Å². The van der Waals surface area contributed by atoms with Crippen LogP contribution in [0, 0.1) is 0 Å². The van der Waals surface area contributed by atoms with Crippen LogP contribution in [-0.4, -0.2) is 12.1 Å². The second kappa shape index (κ2) is 4.24. The van der Waals surface area contributed by atoms with Crippen molar-refractivity contribution in [3.63, 3.8) is 0 Å². The first-order chi connectivity index (χ1) is 7.11. The molecular formula is C12H15BrO2. The van der Waals surface area contributed by atoms with Gasteiger partial charge in [-0.05, 0) is 24.4 Å². The molecule has 0 unspecified atom stereocenters. The summed E-state index contributed by atoms with van der Waals surface area (Å²) in [6.45, 7) is 4.08. The minimum Gasteiger partial charge on any atom is -0.321 e. The predicted octanol–water partition coefficient (Wildman–Crippen LogP) is 3.65. The first kappa shape index (κ1) is 11.1. The molecule has 0 aromatic carbocycles. The van der Waals surface area contributed by atoms with Gasteiger partial charge in [-0.2, -0.15) is 0 Å².